The Morgan fingerprint density at radius 2 is 1.76 bits per heavy atom. The van der Waals surface area contributed by atoms with Crippen LogP contribution in [-0.4, -0.2) is 62.5 Å². The molecule has 3 rings (SSSR count). The highest BCUT2D eigenvalue weighted by atomic mass is 35.5. The average molecular weight is 493 g/mol. The lowest BCUT2D eigenvalue weighted by Crippen LogP contribution is -2.50. The summed E-state index contributed by atoms with van der Waals surface area (Å²) in [6.45, 7) is 7.38. The van der Waals surface area contributed by atoms with Gasteiger partial charge in [-0.1, -0.05) is 23.7 Å². The highest BCUT2D eigenvalue weighted by Gasteiger charge is 2.29. The third kappa shape index (κ3) is 6.69. The Kier molecular flexibility index (Phi) is 7.99. The summed E-state index contributed by atoms with van der Waals surface area (Å²) in [6.07, 6.45) is 0. The number of anilines is 2. The average Bonchev–Trinajstić information content (AvgIpc) is 2.74. The Bertz CT molecular complexity index is 1130. The van der Waals surface area contributed by atoms with E-state index in [0.717, 1.165) is 11.3 Å². The van der Waals surface area contributed by atoms with Crippen LogP contribution in [0.1, 0.15) is 29.8 Å². The molecule has 0 atom stereocenters. The molecule has 2 aromatic carbocycles. The van der Waals surface area contributed by atoms with E-state index in [-0.39, 0.29) is 22.7 Å². The second-order valence-corrected chi connectivity index (χ2v) is 10.7. The lowest BCUT2D eigenvalue weighted by atomic mass is 10.1. The quantitative estimate of drug-likeness (QED) is 0.619. The van der Waals surface area contributed by atoms with Gasteiger partial charge < -0.3 is 15.5 Å². The molecule has 0 aliphatic carbocycles. The molecule has 1 heterocycles. The van der Waals surface area contributed by atoms with Gasteiger partial charge in [0.1, 0.15) is 5.75 Å². The van der Waals surface area contributed by atoms with Crippen LogP contribution in [0.2, 0.25) is 5.02 Å². The molecule has 8 nitrogen and oxygen atoms in total. The maximum atomic E-state index is 12.8. The van der Waals surface area contributed by atoms with E-state index < -0.39 is 21.7 Å². The lowest BCUT2D eigenvalue weighted by molar-refractivity contribution is -0.113. The second kappa shape index (κ2) is 10.5. The molecule has 1 aliphatic heterocycles. The first-order valence-electron chi connectivity index (χ1n) is 10.7. The number of benzene rings is 2. The molecule has 1 fully saturated rings. The van der Waals surface area contributed by atoms with Crippen LogP contribution in [0.3, 0.4) is 0 Å². The molecule has 0 aromatic heterocycles. The summed E-state index contributed by atoms with van der Waals surface area (Å²) in [7, 11) is -3.80. The third-order valence-corrected chi connectivity index (χ3v) is 7.34. The van der Waals surface area contributed by atoms with Crippen molar-refractivity contribution in [2.75, 3.05) is 42.1 Å². The molecule has 10 heteroatoms. The molecule has 33 heavy (non-hydrogen) atoms. The van der Waals surface area contributed by atoms with Gasteiger partial charge in [-0.2, -0.15) is 4.31 Å². The summed E-state index contributed by atoms with van der Waals surface area (Å²) in [6, 6.07) is 12.5. The van der Waals surface area contributed by atoms with Crippen LogP contribution < -0.4 is 15.5 Å². The molecule has 0 bridgehead atoms. The molecular formula is C23H29ClN4O4S. The molecular weight excluding hydrogens is 464 g/mol. The number of sulfonamides is 1. The Morgan fingerprint density at radius 3 is 2.39 bits per heavy atom. The number of aryl methyl sites for hydroxylation is 1. The van der Waals surface area contributed by atoms with Crippen molar-refractivity contribution in [2.45, 2.75) is 26.8 Å². The standard InChI is InChI=1S/C23H29ClN4O4S/c1-16(2)25-23(30)18-7-8-20(24)21(14-18)26-22(29)15-33(31,32)28-11-9-27(10-12-28)19-6-4-5-17(3)13-19/h4-8,13-14,16H,9-12,15H2,1-3H3,(H,25,30)(H,26,29). The number of rotatable bonds is 7. The number of carbonyl (C=O) groups excluding carboxylic acids is 2. The number of piperazine rings is 1. The van der Waals surface area contributed by atoms with Crippen molar-refractivity contribution in [1.82, 2.24) is 9.62 Å². The largest absolute Gasteiger partial charge is 0.369 e. The monoisotopic (exact) mass is 492 g/mol. The van der Waals surface area contributed by atoms with Crippen molar-refractivity contribution in [2.24, 2.45) is 0 Å². The van der Waals surface area contributed by atoms with Crippen molar-refractivity contribution in [3.05, 3.63) is 58.6 Å². The smallest absolute Gasteiger partial charge is 0.251 e. The zero-order valence-corrected chi connectivity index (χ0v) is 20.5. The molecule has 0 spiro atoms. The first-order valence-corrected chi connectivity index (χ1v) is 12.7. The van der Waals surface area contributed by atoms with E-state index in [9.17, 15) is 18.0 Å². The van der Waals surface area contributed by atoms with Crippen LogP contribution in [-0.2, 0) is 14.8 Å². The van der Waals surface area contributed by atoms with Crippen LogP contribution in [0.4, 0.5) is 11.4 Å². The van der Waals surface area contributed by atoms with Gasteiger partial charge >= 0.3 is 0 Å². The number of hydrogen-bond acceptors (Lipinski definition) is 5. The van der Waals surface area contributed by atoms with E-state index in [0.29, 0.717) is 31.7 Å². The fourth-order valence-electron chi connectivity index (χ4n) is 3.60. The lowest BCUT2D eigenvalue weighted by Gasteiger charge is -2.35. The highest BCUT2D eigenvalue weighted by Crippen LogP contribution is 2.24. The number of nitrogens with one attached hydrogen (secondary N) is 2. The highest BCUT2D eigenvalue weighted by molar-refractivity contribution is 7.89. The topological polar surface area (TPSA) is 98.8 Å². The van der Waals surface area contributed by atoms with Gasteiger partial charge in [0.25, 0.3) is 5.91 Å². The van der Waals surface area contributed by atoms with E-state index >= 15 is 0 Å². The van der Waals surface area contributed by atoms with Gasteiger partial charge in [0, 0.05) is 43.5 Å². The number of nitrogens with zero attached hydrogens (tertiary/aromatic N) is 2. The van der Waals surface area contributed by atoms with Crippen molar-refractivity contribution < 1.29 is 18.0 Å². The Hall–Kier alpha value is -2.62. The molecule has 1 aliphatic rings. The van der Waals surface area contributed by atoms with Gasteiger partial charge in [-0.3, -0.25) is 9.59 Å². The predicted molar refractivity (Wildman–Crippen MR) is 131 cm³/mol. The summed E-state index contributed by atoms with van der Waals surface area (Å²) in [5.74, 6) is -1.72. The normalized spacial score (nSPS) is 14.9. The van der Waals surface area contributed by atoms with Crippen LogP contribution in [0.25, 0.3) is 0 Å². The van der Waals surface area contributed by atoms with E-state index in [2.05, 4.69) is 21.6 Å². The zero-order chi connectivity index (χ0) is 24.2. The predicted octanol–water partition coefficient (Wildman–Crippen LogP) is 2.88. The Balaban J connectivity index is 1.60. The number of halogens is 1. The third-order valence-electron chi connectivity index (χ3n) is 5.23. The van der Waals surface area contributed by atoms with Gasteiger partial charge in [0.2, 0.25) is 15.9 Å². The summed E-state index contributed by atoms with van der Waals surface area (Å²) in [5.41, 5.74) is 2.71. The van der Waals surface area contributed by atoms with Gasteiger partial charge in [-0.15, -0.1) is 0 Å². The van der Waals surface area contributed by atoms with Crippen molar-refractivity contribution in [3.63, 3.8) is 0 Å². The maximum absolute atomic E-state index is 12.8. The summed E-state index contributed by atoms with van der Waals surface area (Å²) in [4.78, 5) is 26.9. The van der Waals surface area contributed by atoms with E-state index in [1.807, 2.05) is 39.0 Å². The molecule has 0 radical (unpaired) electrons. The van der Waals surface area contributed by atoms with Crippen molar-refractivity contribution in [3.8, 4) is 0 Å². The molecule has 2 N–H and O–H groups in total. The van der Waals surface area contributed by atoms with Crippen LogP contribution in [0.5, 0.6) is 0 Å². The fourth-order valence-corrected chi connectivity index (χ4v) is 5.07. The summed E-state index contributed by atoms with van der Waals surface area (Å²) in [5, 5.41) is 5.50. The van der Waals surface area contributed by atoms with Gasteiger partial charge in [-0.25, -0.2) is 8.42 Å². The van der Waals surface area contributed by atoms with E-state index in [1.165, 1.54) is 16.4 Å². The maximum Gasteiger partial charge on any atom is 0.251 e. The molecule has 178 valence electrons. The van der Waals surface area contributed by atoms with Crippen LogP contribution in [0.15, 0.2) is 42.5 Å². The summed E-state index contributed by atoms with van der Waals surface area (Å²) >= 11 is 6.14. The molecule has 2 amide bonds. The SMILES string of the molecule is Cc1cccc(N2CCN(S(=O)(=O)CC(=O)Nc3cc(C(=O)NC(C)C)ccc3Cl)CC2)c1. The molecule has 2 aromatic rings. The minimum absolute atomic E-state index is 0.0530. The van der Waals surface area contributed by atoms with Crippen molar-refractivity contribution in [1.29, 1.82) is 0 Å². The number of amides is 2. The fraction of sp³-hybridized carbons (Fsp3) is 0.391. The second-order valence-electron chi connectivity index (χ2n) is 8.35. The van der Waals surface area contributed by atoms with Gasteiger partial charge in [0.15, 0.2) is 0 Å². The van der Waals surface area contributed by atoms with Crippen molar-refractivity contribution >= 4 is 44.8 Å². The Labute approximate surface area is 200 Å². The number of hydrogen-bond donors (Lipinski definition) is 2. The minimum atomic E-state index is -3.80. The molecule has 0 unspecified atom stereocenters. The van der Waals surface area contributed by atoms with Crippen LogP contribution in [0, 0.1) is 6.92 Å². The minimum Gasteiger partial charge on any atom is -0.369 e. The first kappa shape index (κ1) is 25.0. The number of carbonyl (C=O) groups is 2. The summed E-state index contributed by atoms with van der Waals surface area (Å²) < 4.78 is 27.0. The Morgan fingerprint density at radius 1 is 1.06 bits per heavy atom. The first-order chi connectivity index (χ1) is 15.5. The molecule has 1 saturated heterocycles. The van der Waals surface area contributed by atoms with E-state index in [1.54, 1.807) is 6.07 Å². The van der Waals surface area contributed by atoms with Gasteiger partial charge in [-0.05, 0) is 56.7 Å². The van der Waals surface area contributed by atoms with Gasteiger partial charge in [0.05, 0.1) is 10.7 Å². The molecule has 0 saturated carbocycles. The zero-order valence-electron chi connectivity index (χ0n) is 19.0. The van der Waals surface area contributed by atoms with Crippen LogP contribution >= 0.6 is 11.6 Å². The van der Waals surface area contributed by atoms with E-state index in [4.69, 9.17) is 11.6 Å².